The van der Waals surface area contributed by atoms with Gasteiger partial charge in [-0.2, -0.15) is 13.2 Å². The van der Waals surface area contributed by atoms with Crippen LogP contribution in [0.4, 0.5) is 13.2 Å². The Kier molecular flexibility index (Phi) is 4.46. The topological polar surface area (TPSA) is 120 Å². The standard InChI is InChI=1S/C14H10F3N3O5S2/c1-2-26(21,22)10-4-3-5-18-11(10)13-20-9-6-8(7-19-12(9)25-13)27(23,24)14(15,16)17/h3-7H,2H2,1H3. The number of fused-ring (bicyclic) bond motifs is 1. The summed E-state index contributed by atoms with van der Waals surface area (Å²) in [7, 11) is -9.31. The van der Waals surface area contributed by atoms with Crippen LogP contribution in [0.25, 0.3) is 22.8 Å². The number of nitrogens with zero attached hydrogens (tertiary/aromatic N) is 3. The van der Waals surface area contributed by atoms with Crippen LogP contribution in [0.5, 0.6) is 0 Å². The summed E-state index contributed by atoms with van der Waals surface area (Å²) in [5.41, 5.74) is -6.21. The number of aromatic nitrogens is 3. The molecule has 8 nitrogen and oxygen atoms in total. The summed E-state index contributed by atoms with van der Waals surface area (Å²) in [4.78, 5) is 10.0. The van der Waals surface area contributed by atoms with Gasteiger partial charge in [0.1, 0.15) is 11.2 Å². The summed E-state index contributed by atoms with van der Waals surface area (Å²) in [6.45, 7) is 1.42. The molecule has 3 heterocycles. The number of hydrogen-bond acceptors (Lipinski definition) is 8. The van der Waals surface area contributed by atoms with Gasteiger partial charge in [0, 0.05) is 6.20 Å². The first kappa shape index (κ1) is 19.2. The first-order valence-electron chi connectivity index (χ1n) is 7.23. The van der Waals surface area contributed by atoms with Crippen molar-refractivity contribution in [3.05, 3.63) is 30.6 Å². The third-order valence-corrected chi connectivity index (χ3v) is 6.74. The fourth-order valence-electron chi connectivity index (χ4n) is 2.14. The molecule has 0 fully saturated rings. The SMILES string of the molecule is CCS(=O)(=O)c1cccnc1-c1nc2cc(S(=O)(=O)C(F)(F)F)cnc2o1. The molecule has 27 heavy (non-hydrogen) atoms. The molecule has 0 aliphatic rings. The van der Waals surface area contributed by atoms with Gasteiger partial charge in [-0.15, -0.1) is 0 Å². The van der Waals surface area contributed by atoms with Crippen LogP contribution in [-0.2, 0) is 19.7 Å². The van der Waals surface area contributed by atoms with Crippen molar-refractivity contribution in [3.8, 4) is 11.6 Å². The number of rotatable bonds is 4. The summed E-state index contributed by atoms with van der Waals surface area (Å²) in [5.74, 6) is -0.537. The van der Waals surface area contributed by atoms with E-state index in [0.717, 1.165) is 0 Å². The minimum Gasteiger partial charge on any atom is -0.416 e. The van der Waals surface area contributed by atoms with Crippen LogP contribution in [0.3, 0.4) is 0 Å². The second-order valence-corrected chi connectivity index (χ2v) is 9.40. The monoisotopic (exact) mass is 421 g/mol. The van der Waals surface area contributed by atoms with Crippen molar-refractivity contribution in [3.63, 3.8) is 0 Å². The Morgan fingerprint density at radius 1 is 1.15 bits per heavy atom. The molecule has 3 aromatic heterocycles. The Labute approximate surface area is 150 Å². The highest BCUT2D eigenvalue weighted by Gasteiger charge is 2.47. The zero-order valence-corrected chi connectivity index (χ0v) is 15.1. The van der Waals surface area contributed by atoms with Crippen LogP contribution in [0.1, 0.15) is 6.92 Å². The lowest BCUT2D eigenvalue weighted by molar-refractivity contribution is -0.0436. The third kappa shape index (κ3) is 3.27. The summed E-state index contributed by atoms with van der Waals surface area (Å²) >= 11 is 0. The van der Waals surface area contributed by atoms with Crippen LogP contribution in [0.15, 0.2) is 44.8 Å². The molecule has 0 saturated heterocycles. The third-order valence-electron chi connectivity index (χ3n) is 3.53. The van der Waals surface area contributed by atoms with E-state index in [1.165, 1.54) is 25.3 Å². The first-order chi connectivity index (χ1) is 12.5. The van der Waals surface area contributed by atoms with Gasteiger partial charge >= 0.3 is 5.51 Å². The normalized spacial score (nSPS) is 13.2. The predicted molar refractivity (Wildman–Crippen MR) is 86.0 cm³/mol. The molecule has 0 aliphatic heterocycles. The molecule has 0 aliphatic carbocycles. The van der Waals surface area contributed by atoms with Gasteiger partial charge in [-0.3, -0.25) is 0 Å². The molecule has 13 heteroatoms. The van der Waals surface area contributed by atoms with Gasteiger partial charge in [0.15, 0.2) is 9.84 Å². The van der Waals surface area contributed by atoms with Gasteiger partial charge in [0.2, 0.25) is 11.6 Å². The Morgan fingerprint density at radius 3 is 2.48 bits per heavy atom. The second-order valence-electron chi connectivity index (χ2n) is 5.22. The van der Waals surface area contributed by atoms with Crippen molar-refractivity contribution in [2.45, 2.75) is 22.2 Å². The van der Waals surface area contributed by atoms with E-state index >= 15 is 0 Å². The first-order valence-corrected chi connectivity index (χ1v) is 10.4. The van der Waals surface area contributed by atoms with E-state index in [9.17, 15) is 30.0 Å². The molecule has 0 amide bonds. The van der Waals surface area contributed by atoms with Crippen molar-refractivity contribution in [2.75, 3.05) is 5.75 Å². The lowest BCUT2D eigenvalue weighted by Crippen LogP contribution is -2.23. The highest BCUT2D eigenvalue weighted by Crippen LogP contribution is 2.32. The van der Waals surface area contributed by atoms with Crippen molar-refractivity contribution in [2.24, 2.45) is 0 Å². The molecule has 144 valence electrons. The van der Waals surface area contributed by atoms with Crippen molar-refractivity contribution < 1.29 is 34.4 Å². The number of sulfone groups is 2. The number of hydrogen-bond donors (Lipinski definition) is 0. The van der Waals surface area contributed by atoms with E-state index < -0.39 is 30.1 Å². The second kappa shape index (κ2) is 6.27. The minimum absolute atomic E-state index is 0.155. The molecule has 0 unspecified atom stereocenters. The zero-order chi connectivity index (χ0) is 20.0. The van der Waals surface area contributed by atoms with Gasteiger partial charge in [-0.25, -0.2) is 31.8 Å². The molecular formula is C14H10F3N3O5S2. The molecule has 0 aromatic carbocycles. The van der Waals surface area contributed by atoms with Crippen molar-refractivity contribution in [1.82, 2.24) is 15.0 Å². The maximum atomic E-state index is 12.7. The van der Waals surface area contributed by atoms with Crippen molar-refractivity contribution >= 4 is 30.9 Å². The number of alkyl halides is 3. The van der Waals surface area contributed by atoms with Crippen LogP contribution in [0.2, 0.25) is 0 Å². The minimum atomic E-state index is -5.61. The Bertz CT molecular complexity index is 1230. The zero-order valence-electron chi connectivity index (χ0n) is 13.4. The van der Waals surface area contributed by atoms with Gasteiger partial charge < -0.3 is 4.42 Å². The van der Waals surface area contributed by atoms with E-state index in [4.69, 9.17) is 4.42 Å². The van der Waals surface area contributed by atoms with Crippen LogP contribution in [-0.4, -0.2) is 43.0 Å². The van der Waals surface area contributed by atoms with E-state index in [0.29, 0.717) is 12.3 Å². The molecule has 3 rings (SSSR count). The lowest BCUT2D eigenvalue weighted by Gasteiger charge is -2.06. The molecule has 0 N–H and O–H groups in total. The highest BCUT2D eigenvalue weighted by molar-refractivity contribution is 7.92. The quantitative estimate of drug-likeness (QED) is 0.630. The van der Waals surface area contributed by atoms with E-state index in [2.05, 4.69) is 15.0 Å². The highest BCUT2D eigenvalue weighted by atomic mass is 32.2. The fourth-order valence-corrected chi connectivity index (χ4v) is 3.90. The maximum Gasteiger partial charge on any atom is 0.501 e. The van der Waals surface area contributed by atoms with Crippen LogP contribution in [0, 0.1) is 0 Å². The van der Waals surface area contributed by atoms with Gasteiger partial charge in [-0.05, 0) is 18.2 Å². The summed E-state index contributed by atoms with van der Waals surface area (Å²) in [5, 5.41) is 0. The molecule has 0 saturated carbocycles. The molecule has 0 radical (unpaired) electrons. The van der Waals surface area contributed by atoms with Crippen LogP contribution < -0.4 is 0 Å². The molecule has 0 bridgehead atoms. The molecular weight excluding hydrogens is 411 g/mol. The largest absolute Gasteiger partial charge is 0.501 e. The summed E-state index contributed by atoms with van der Waals surface area (Å²) in [6, 6.07) is 3.32. The number of pyridine rings is 2. The predicted octanol–water partition coefficient (Wildman–Crippen LogP) is 2.37. The molecule has 3 aromatic rings. The average Bonchev–Trinajstić information content (AvgIpc) is 3.04. The van der Waals surface area contributed by atoms with Gasteiger partial charge in [-0.1, -0.05) is 6.92 Å². The maximum absolute atomic E-state index is 12.7. The van der Waals surface area contributed by atoms with E-state index in [1.807, 2.05) is 0 Å². The molecule has 0 atom stereocenters. The van der Waals surface area contributed by atoms with Crippen LogP contribution >= 0.6 is 0 Å². The van der Waals surface area contributed by atoms with E-state index in [-0.39, 0.29) is 33.5 Å². The van der Waals surface area contributed by atoms with E-state index in [1.54, 1.807) is 0 Å². The number of oxazole rings is 1. The summed E-state index contributed by atoms with van der Waals surface area (Å²) < 4.78 is 90.6. The Hall–Kier alpha value is -2.54. The lowest BCUT2D eigenvalue weighted by atomic mass is 10.3. The Balaban J connectivity index is 2.18. The average molecular weight is 421 g/mol. The number of halogens is 3. The molecule has 0 spiro atoms. The van der Waals surface area contributed by atoms with Crippen molar-refractivity contribution in [1.29, 1.82) is 0 Å². The smallest absolute Gasteiger partial charge is 0.416 e. The van der Waals surface area contributed by atoms with Gasteiger partial charge in [0.25, 0.3) is 9.84 Å². The Morgan fingerprint density at radius 2 is 1.85 bits per heavy atom. The summed E-state index contributed by atoms with van der Waals surface area (Å²) in [6.07, 6.45) is 1.77. The van der Waals surface area contributed by atoms with Gasteiger partial charge in [0.05, 0.1) is 21.7 Å². The fraction of sp³-hybridized carbons (Fsp3) is 0.214.